The Balaban J connectivity index is 1.19. The average Bonchev–Trinajstić information content (AvgIpc) is 3.34. The molecular formula is C28H31ClN6O2. The van der Waals surface area contributed by atoms with Gasteiger partial charge in [-0.2, -0.15) is 0 Å². The molecule has 4 N–H and O–H groups in total. The van der Waals surface area contributed by atoms with Crippen LogP contribution in [0.4, 0.5) is 5.82 Å². The summed E-state index contributed by atoms with van der Waals surface area (Å²) < 4.78 is 6.26. The molecule has 1 amide bonds. The first-order valence-corrected chi connectivity index (χ1v) is 13.0. The molecule has 2 aromatic carbocycles. The van der Waals surface area contributed by atoms with Crippen LogP contribution < -0.4 is 11.1 Å². The summed E-state index contributed by atoms with van der Waals surface area (Å²) in [6.07, 6.45) is 3.25. The third kappa shape index (κ3) is 6.65. The lowest BCUT2D eigenvalue weighted by molar-refractivity contribution is -0.116. The minimum Gasteiger partial charge on any atom is -0.372 e. The normalized spacial score (nSPS) is 14.7. The molecule has 1 aliphatic rings. The zero-order valence-electron chi connectivity index (χ0n) is 20.6. The van der Waals surface area contributed by atoms with E-state index in [1.165, 1.54) is 5.56 Å². The lowest BCUT2D eigenvalue weighted by Crippen LogP contribution is -2.38. The second kappa shape index (κ2) is 11.7. The molecule has 1 fully saturated rings. The van der Waals surface area contributed by atoms with Crippen molar-refractivity contribution in [1.82, 2.24) is 19.9 Å². The summed E-state index contributed by atoms with van der Waals surface area (Å²) in [5, 5.41) is 4.63. The number of primary amides is 1. The van der Waals surface area contributed by atoms with Crippen molar-refractivity contribution in [3.8, 4) is 11.4 Å². The zero-order chi connectivity index (χ0) is 25.6. The molecule has 0 radical (unpaired) electrons. The van der Waals surface area contributed by atoms with Gasteiger partial charge in [-0.15, -0.1) is 0 Å². The Morgan fingerprint density at radius 1 is 1.11 bits per heavy atom. The number of piperidine rings is 1. The Hall–Kier alpha value is -3.46. The van der Waals surface area contributed by atoms with Crippen LogP contribution in [0.1, 0.15) is 24.1 Å². The number of halogens is 1. The number of ether oxygens (including phenoxy) is 1. The molecule has 0 atom stereocenters. The van der Waals surface area contributed by atoms with Gasteiger partial charge in [0.05, 0.1) is 24.6 Å². The number of hydrogen-bond acceptors (Lipinski definition) is 6. The van der Waals surface area contributed by atoms with Crippen LogP contribution in [0.25, 0.3) is 22.4 Å². The van der Waals surface area contributed by atoms with Crippen LogP contribution in [-0.2, 0) is 22.6 Å². The molecular weight excluding hydrogens is 488 g/mol. The van der Waals surface area contributed by atoms with E-state index in [9.17, 15) is 4.79 Å². The Labute approximate surface area is 221 Å². The highest BCUT2D eigenvalue weighted by Gasteiger charge is 2.20. The molecule has 9 heteroatoms. The Morgan fingerprint density at radius 2 is 1.86 bits per heavy atom. The monoisotopic (exact) mass is 518 g/mol. The van der Waals surface area contributed by atoms with Crippen LogP contribution in [-0.4, -0.2) is 58.0 Å². The maximum Gasteiger partial charge on any atom is 0.236 e. The van der Waals surface area contributed by atoms with E-state index in [1.807, 2.05) is 48.5 Å². The Morgan fingerprint density at radius 3 is 2.59 bits per heavy atom. The maximum atomic E-state index is 11.4. The van der Waals surface area contributed by atoms with Gasteiger partial charge in [-0.25, -0.2) is 9.97 Å². The third-order valence-electron chi connectivity index (χ3n) is 6.64. The Bertz CT molecular complexity index is 1330. The van der Waals surface area contributed by atoms with Crippen molar-refractivity contribution < 1.29 is 9.53 Å². The van der Waals surface area contributed by atoms with Gasteiger partial charge in [0.1, 0.15) is 11.5 Å². The largest absolute Gasteiger partial charge is 0.372 e. The van der Waals surface area contributed by atoms with Crippen molar-refractivity contribution in [2.75, 3.05) is 31.5 Å². The maximum absolute atomic E-state index is 11.4. The van der Waals surface area contributed by atoms with Gasteiger partial charge in [-0.05, 0) is 43.0 Å². The number of likely N-dealkylation sites (tertiary alicyclic amines) is 1. The first kappa shape index (κ1) is 25.2. The number of fused-ring (bicyclic) bond motifs is 1. The van der Waals surface area contributed by atoms with Gasteiger partial charge >= 0.3 is 0 Å². The van der Waals surface area contributed by atoms with E-state index in [-0.39, 0.29) is 12.6 Å². The van der Waals surface area contributed by atoms with Crippen molar-refractivity contribution in [3.63, 3.8) is 0 Å². The number of nitrogens with two attached hydrogens (primary N) is 1. The van der Waals surface area contributed by atoms with Crippen LogP contribution in [0.3, 0.4) is 0 Å². The van der Waals surface area contributed by atoms with Gasteiger partial charge in [0, 0.05) is 35.9 Å². The summed E-state index contributed by atoms with van der Waals surface area (Å²) in [5.74, 6) is 0.686. The van der Waals surface area contributed by atoms with E-state index in [2.05, 4.69) is 32.3 Å². The van der Waals surface area contributed by atoms with Gasteiger partial charge in [-0.1, -0.05) is 54.1 Å². The molecule has 0 bridgehead atoms. The van der Waals surface area contributed by atoms with Crippen LogP contribution in [0.5, 0.6) is 0 Å². The minimum absolute atomic E-state index is 0.00600. The van der Waals surface area contributed by atoms with E-state index in [1.54, 1.807) is 0 Å². The van der Waals surface area contributed by atoms with Crippen LogP contribution in [0.2, 0.25) is 5.02 Å². The second-order valence-electron chi connectivity index (χ2n) is 9.37. The third-order valence-corrected chi connectivity index (χ3v) is 6.90. The number of hydrogen-bond donors (Lipinski definition) is 3. The Kier molecular flexibility index (Phi) is 7.99. The van der Waals surface area contributed by atoms with E-state index in [4.69, 9.17) is 27.1 Å². The van der Waals surface area contributed by atoms with Gasteiger partial charge < -0.3 is 25.7 Å². The molecule has 2 aromatic heterocycles. The molecule has 1 aliphatic heterocycles. The van der Waals surface area contributed by atoms with Crippen LogP contribution in [0.15, 0.2) is 60.7 Å². The van der Waals surface area contributed by atoms with Crippen LogP contribution in [0, 0.1) is 0 Å². The molecule has 0 saturated carbocycles. The number of aromatic nitrogens is 3. The standard InChI is InChI=1S/C28H31ClN6O2/c29-21-8-6-19(7-9-21)10-13-35-14-11-23(12-15-35)37-18-22-16-24-27(31-17-25(30)36)33-26(34-28(24)32-22)20-4-2-1-3-5-20/h1-9,16,23H,10-15,17-18H2,(H2,30,36)(H2,31,32,33,34). The van der Waals surface area contributed by atoms with Crippen molar-refractivity contribution in [1.29, 1.82) is 0 Å². The van der Waals surface area contributed by atoms with Gasteiger partial charge in [0.2, 0.25) is 5.91 Å². The molecule has 4 aromatic rings. The smallest absolute Gasteiger partial charge is 0.236 e. The molecule has 0 aliphatic carbocycles. The lowest BCUT2D eigenvalue weighted by atomic mass is 10.1. The highest BCUT2D eigenvalue weighted by molar-refractivity contribution is 6.30. The quantitative estimate of drug-likeness (QED) is 0.287. The molecule has 5 rings (SSSR count). The molecule has 37 heavy (non-hydrogen) atoms. The summed E-state index contributed by atoms with van der Waals surface area (Å²) in [4.78, 5) is 26.6. The number of aromatic amines is 1. The summed E-state index contributed by atoms with van der Waals surface area (Å²) >= 11 is 5.99. The fourth-order valence-electron chi connectivity index (χ4n) is 4.61. The molecule has 8 nitrogen and oxygen atoms in total. The molecule has 1 saturated heterocycles. The number of carbonyl (C=O) groups excluding carboxylic acids is 1. The first-order chi connectivity index (χ1) is 18.0. The van der Waals surface area contributed by atoms with Crippen LogP contribution >= 0.6 is 11.6 Å². The number of benzene rings is 2. The minimum atomic E-state index is -0.452. The number of carbonyl (C=O) groups is 1. The second-order valence-corrected chi connectivity index (χ2v) is 9.80. The van der Waals surface area contributed by atoms with Crippen molar-refractivity contribution in [2.24, 2.45) is 5.73 Å². The highest BCUT2D eigenvalue weighted by atomic mass is 35.5. The fourth-order valence-corrected chi connectivity index (χ4v) is 4.73. The molecule has 3 heterocycles. The first-order valence-electron chi connectivity index (χ1n) is 12.6. The van der Waals surface area contributed by atoms with Gasteiger partial charge in [0.25, 0.3) is 0 Å². The lowest BCUT2D eigenvalue weighted by Gasteiger charge is -2.31. The van der Waals surface area contributed by atoms with E-state index >= 15 is 0 Å². The highest BCUT2D eigenvalue weighted by Crippen LogP contribution is 2.26. The number of anilines is 1. The number of rotatable bonds is 10. The SMILES string of the molecule is NC(=O)CNc1nc(-c2ccccc2)nc2[nH]c(COC3CCN(CCc4ccc(Cl)cc4)CC3)cc12. The van der Waals surface area contributed by atoms with Crippen molar-refractivity contribution in [2.45, 2.75) is 32.0 Å². The number of H-pyrrole nitrogens is 1. The summed E-state index contributed by atoms with van der Waals surface area (Å²) in [6.45, 7) is 3.55. The predicted octanol–water partition coefficient (Wildman–Crippen LogP) is 4.40. The average molecular weight is 519 g/mol. The van der Waals surface area contributed by atoms with E-state index in [0.29, 0.717) is 23.9 Å². The summed E-state index contributed by atoms with van der Waals surface area (Å²) in [5.41, 5.74) is 9.16. The number of amides is 1. The van der Waals surface area contributed by atoms with Crippen molar-refractivity contribution >= 4 is 34.4 Å². The molecule has 0 unspecified atom stereocenters. The van der Waals surface area contributed by atoms with Gasteiger partial charge in [0.15, 0.2) is 5.82 Å². The van der Waals surface area contributed by atoms with E-state index < -0.39 is 5.91 Å². The molecule has 192 valence electrons. The zero-order valence-corrected chi connectivity index (χ0v) is 21.4. The summed E-state index contributed by atoms with van der Waals surface area (Å²) in [7, 11) is 0. The fraction of sp³-hybridized carbons (Fsp3) is 0.321. The van der Waals surface area contributed by atoms with Crippen molar-refractivity contribution in [3.05, 3.63) is 76.9 Å². The number of nitrogens with one attached hydrogen (secondary N) is 2. The predicted molar refractivity (Wildman–Crippen MR) is 146 cm³/mol. The number of nitrogens with zero attached hydrogens (tertiary/aromatic N) is 3. The summed E-state index contributed by atoms with van der Waals surface area (Å²) in [6, 6.07) is 19.8. The topological polar surface area (TPSA) is 109 Å². The molecule has 0 spiro atoms. The van der Waals surface area contributed by atoms with Gasteiger partial charge in [-0.3, -0.25) is 4.79 Å². The van der Waals surface area contributed by atoms with E-state index in [0.717, 1.165) is 60.6 Å².